The number of hydrogen-bond acceptors (Lipinski definition) is 6. The molecule has 0 aliphatic carbocycles. The van der Waals surface area contributed by atoms with Crippen molar-refractivity contribution < 1.29 is 31.0 Å². The van der Waals surface area contributed by atoms with Gasteiger partial charge < -0.3 is 10.8 Å². The topological polar surface area (TPSA) is 155 Å². The minimum Gasteiger partial charge on any atom is -0.507 e. The van der Waals surface area contributed by atoms with E-state index < -0.39 is 30.9 Å². The maximum Gasteiger partial charge on any atom is 0.294 e. The number of phenols is 1. The Morgan fingerprint density at radius 2 is 1.62 bits per heavy atom. The Balaban J connectivity index is 2.77. The summed E-state index contributed by atoms with van der Waals surface area (Å²) in [5.74, 6) is -1.13. The molecule has 0 amide bonds. The minimum absolute atomic E-state index is 0.0365. The quantitative estimate of drug-likeness (QED) is 0.474. The van der Waals surface area contributed by atoms with Crippen molar-refractivity contribution in [3.63, 3.8) is 0 Å². The molecule has 0 atom stereocenters. The first-order valence-electron chi connectivity index (χ1n) is 5.45. The Bertz CT molecular complexity index is 933. The van der Waals surface area contributed by atoms with Gasteiger partial charge in [-0.15, -0.1) is 0 Å². The molecule has 0 aliphatic heterocycles. The van der Waals surface area contributed by atoms with Crippen molar-refractivity contribution in [3.05, 3.63) is 29.8 Å². The van der Waals surface area contributed by atoms with Crippen LogP contribution in [0.25, 0.3) is 10.8 Å². The smallest absolute Gasteiger partial charge is 0.294 e. The molecule has 2 aromatic rings. The zero-order chi connectivity index (χ0) is 16.0. The lowest BCUT2D eigenvalue weighted by Crippen LogP contribution is -2.03. The molecule has 0 aliphatic rings. The first-order valence-corrected chi connectivity index (χ1v) is 8.50. The van der Waals surface area contributed by atoms with Crippen molar-refractivity contribution in [2.45, 2.75) is 10.6 Å². The zero-order valence-corrected chi connectivity index (χ0v) is 12.0. The fraction of sp³-hybridized carbons (Fsp3) is 0.0909. The largest absolute Gasteiger partial charge is 0.507 e. The number of nitrogens with two attached hydrogens (primary N) is 1. The molecule has 0 saturated heterocycles. The number of benzene rings is 2. The number of nitrogen functional groups attached to an aromatic ring is 1. The molecule has 0 spiro atoms. The van der Waals surface area contributed by atoms with Gasteiger partial charge in [-0.1, -0.05) is 0 Å². The van der Waals surface area contributed by atoms with E-state index in [2.05, 4.69) is 0 Å². The third kappa shape index (κ3) is 3.42. The lowest BCUT2D eigenvalue weighted by molar-refractivity contribution is 0.477. The van der Waals surface area contributed by atoms with E-state index in [-0.39, 0.29) is 27.8 Å². The zero-order valence-electron chi connectivity index (χ0n) is 10.4. The van der Waals surface area contributed by atoms with Crippen molar-refractivity contribution in [1.29, 1.82) is 0 Å². The molecule has 0 saturated carbocycles. The summed E-state index contributed by atoms with van der Waals surface area (Å²) in [4.78, 5) is -0.490. The molecule has 0 radical (unpaired) electrons. The van der Waals surface area contributed by atoms with Crippen LogP contribution in [0.5, 0.6) is 5.75 Å². The molecule has 0 unspecified atom stereocenters. The van der Waals surface area contributed by atoms with Crippen LogP contribution in [-0.4, -0.2) is 31.0 Å². The van der Waals surface area contributed by atoms with Gasteiger partial charge in [-0.05, 0) is 35.2 Å². The summed E-state index contributed by atoms with van der Waals surface area (Å²) >= 11 is 0. The average Bonchev–Trinajstić information content (AvgIpc) is 2.23. The monoisotopic (exact) mass is 333 g/mol. The number of phenolic OH excluding ortho intramolecular Hbond substituents is 1. The van der Waals surface area contributed by atoms with E-state index in [1.54, 1.807) is 0 Å². The molecule has 0 fully saturated rings. The van der Waals surface area contributed by atoms with Gasteiger partial charge in [-0.25, -0.2) is 0 Å². The van der Waals surface area contributed by atoms with Crippen LogP contribution in [0.1, 0.15) is 5.56 Å². The predicted octanol–water partition coefficient (Wildman–Crippen LogP) is 0.762. The second-order valence-electron chi connectivity index (χ2n) is 4.43. The van der Waals surface area contributed by atoms with Crippen LogP contribution in [0.3, 0.4) is 0 Å². The van der Waals surface area contributed by atoms with Gasteiger partial charge in [0.25, 0.3) is 20.2 Å². The van der Waals surface area contributed by atoms with Gasteiger partial charge in [0.05, 0.1) is 4.90 Å². The Labute approximate surface area is 120 Å². The summed E-state index contributed by atoms with van der Waals surface area (Å²) in [6.45, 7) is 0. The predicted molar refractivity (Wildman–Crippen MR) is 75.1 cm³/mol. The molecule has 10 heteroatoms. The lowest BCUT2D eigenvalue weighted by atomic mass is 10.0. The molecule has 8 nitrogen and oxygen atoms in total. The third-order valence-electron chi connectivity index (χ3n) is 2.74. The molecule has 2 rings (SSSR count). The van der Waals surface area contributed by atoms with Gasteiger partial charge in [0.15, 0.2) is 0 Å². The van der Waals surface area contributed by atoms with Crippen LogP contribution in [0.2, 0.25) is 0 Å². The van der Waals surface area contributed by atoms with E-state index in [4.69, 9.17) is 14.8 Å². The Morgan fingerprint density at radius 3 is 2.14 bits per heavy atom. The van der Waals surface area contributed by atoms with Gasteiger partial charge >= 0.3 is 0 Å². The van der Waals surface area contributed by atoms with Gasteiger partial charge in [-0.2, -0.15) is 16.8 Å². The van der Waals surface area contributed by atoms with E-state index in [0.717, 1.165) is 18.2 Å². The van der Waals surface area contributed by atoms with Gasteiger partial charge in [0.1, 0.15) is 11.5 Å². The van der Waals surface area contributed by atoms with E-state index >= 15 is 0 Å². The van der Waals surface area contributed by atoms with Gasteiger partial charge in [-0.3, -0.25) is 9.11 Å². The highest BCUT2D eigenvalue weighted by atomic mass is 32.2. The van der Waals surface area contributed by atoms with Crippen LogP contribution >= 0.6 is 0 Å². The second-order valence-corrected chi connectivity index (χ2v) is 7.30. The summed E-state index contributed by atoms with van der Waals surface area (Å²) in [5.41, 5.74) is 5.56. The summed E-state index contributed by atoms with van der Waals surface area (Å²) in [5, 5.41) is 10.1. The Morgan fingerprint density at radius 1 is 1.00 bits per heavy atom. The molecule has 0 heterocycles. The second kappa shape index (κ2) is 4.84. The first kappa shape index (κ1) is 15.5. The van der Waals surface area contributed by atoms with E-state index in [1.807, 2.05) is 0 Å². The van der Waals surface area contributed by atoms with Crippen molar-refractivity contribution in [1.82, 2.24) is 0 Å². The normalized spacial score (nSPS) is 12.7. The number of rotatable bonds is 3. The molecule has 21 heavy (non-hydrogen) atoms. The Kier molecular flexibility index (Phi) is 3.58. The van der Waals surface area contributed by atoms with Crippen LogP contribution in [-0.2, 0) is 26.0 Å². The molecule has 2 aromatic carbocycles. The maximum absolute atomic E-state index is 11.1. The molecule has 5 N–H and O–H groups in total. The average molecular weight is 333 g/mol. The number of aromatic hydroxyl groups is 1. The van der Waals surface area contributed by atoms with Crippen molar-refractivity contribution in [2.75, 3.05) is 5.73 Å². The summed E-state index contributed by atoms with van der Waals surface area (Å²) in [6, 6.07) is 4.35. The highest BCUT2D eigenvalue weighted by Gasteiger charge is 2.16. The highest BCUT2D eigenvalue weighted by Crippen LogP contribution is 2.34. The molecular formula is C11H11NO7S2. The Hall–Kier alpha value is -1.88. The van der Waals surface area contributed by atoms with Crippen LogP contribution < -0.4 is 5.73 Å². The van der Waals surface area contributed by atoms with Gasteiger partial charge in [0, 0.05) is 11.1 Å². The maximum atomic E-state index is 11.1. The minimum atomic E-state index is -4.51. The van der Waals surface area contributed by atoms with E-state index in [0.29, 0.717) is 0 Å². The van der Waals surface area contributed by atoms with E-state index in [1.165, 1.54) is 6.07 Å². The number of hydrogen-bond donors (Lipinski definition) is 4. The number of anilines is 1. The van der Waals surface area contributed by atoms with Crippen LogP contribution in [0.15, 0.2) is 29.2 Å². The van der Waals surface area contributed by atoms with Crippen LogP contribution in [0.4, 0.5) is 5.69 Å². The summed E-state index contributed by atoms with van der Waals surface area (Å²) < 4.78 is 61.8. The lowest BCUT2D eigenvalue weighted by Gasteiger charge is -2.09. The standard InChI is InChI=1S/C11H11NO7S2/c12-9-4-8(21(17,18)19)3-7-1-6(5-20(14,15)16)2-10(13)11(7)9/h1-4,13H,5,12H2,(H,14,15,16)(H,17,18,19). The fourth-order valence-electron chi connectivity index (χ4n) is 2.00. The van der Waals surface area contributed by atoms with Crippen LogP contribution in [0, 0.1) is 0 Å². The molecule has 114 valence electrons. The highest BCUT2D eigenvalue weighted by molar-refractivity contribution is 7.86. The summed E-state index contributed by atoms with van der Waals surface area (Å²) in [6.07, 6.45) is 0. The summed E-state index contributed by atoms with van der Waals surface area (Å²) in [7, 11) is -8.83. The van der Waals surface area contributed by atoms with E-state index in [9.17, 15) is 21.9 Å². The third-order valence-corrected chi connectivity index (χ3v) is 4.27. The van der Waals surface area contributed by atoms with Crippen molar-refractivity contribution >= 4 is 36.7 Å². The van der Waals surface area contributed by atoms with Crippen molar-refractivity contribution in [3.8, 4) is 5.75 Å². The molecule has 0 aromatic heterocycles. The van der Waals surface area contributed by atoms with Gasteiger partial charge in [0.2, 0.25) is 0 Å². The first-order chi connectivity index (χ1) is 9.47. The van der Waals surface area contributed by atoms with Crippen molar-refractivity contribution in [2.24, 2.45) is 0 Å². The fourth-order valence-corrected chi connectivity index (χ4v) is 3.14. The number of fused-ring (bicyclic) bond motifs is 1. The SMILES string of the molecule is Nc1cc(S(=O)(=O)O)cc2cc(CS(=O)(=O)O)cc(O)c12. The molecule has 0 bridgehead atoms. The molecular weight excluding hydrogens is 322 g/mol.